The van der Waals surface area contributed by atoms with Crippen molar-refractivity contribution in [2.45, 2.75) is 63.4 Å². The van der Waals surface area contributed by atoms with Crippen molar-refractivity contribution in [1.82, 2.24) is 14.9 Å². The van der Waals surface area contributed by atoms with E-state index in [4.69, 9.17) is 16.3 Å². The minimum atomic E-state index is -0.126. The first-order chi connectivity index (χ1) is 13.5. The van der Waals surface area contributed by atoms with Crippen molar-refractivity contribution < 1.29 is 9.53 Å². The summed E-state index contributed by atoms with van der Waals surface area (Å²) in [5.41, 5.74) is 0.419. The fraction of sp³-hybridized carbons (Fsp3) is 0.550. The largest absolute Gasteiger partial charge is 0.376 e. The third kappa shape index (κ3) is 5.27. The maximum Gasteiger partial charge on any atom is 0.262 e. The molecule has 2 heterocycles. The SMILES string of the molecule is CCC[C@H](C)NC(=O)CSc1nc2cc(Cl)ccc2c(=O)n1C[C@@H]1CCCO1. The Morgan fingerprint density at radius 1 is 1.50 bits per heavy atom. The Labute approximate surface area is 174 Å². The van der Waals surface area contributed by atoms with Gasteiger partial charge in [0.05, 0.1) is 29.3 Å². The molecular formula is C20H26ClN3O3S. The van der Waals surface area contributed by atoms with Crippen LogP contribution in [0, 0.1) is 0 Å². The van der Waals surface area contributed by atoms with Crippen LogP contribution in [0.1, 0.15) is 39.5 Å². The number of halogens is 1. The van der Waals surface area contributed by atoms with E-state index in [9.17, 15) is 9.59 Å². The normalized spacial score (nSPS) is 17.8. The van der Waals surface area contributed by atoms with Crippen molar-refractivity contribution >= 4 is 40.2 Å². The summed E-state index contributed by atoms with van der Waals surface area (Å²) in [6.45, 7) is 5.25. The van der Waals surface area contributed by atoms with Crippen molar-refractivity contribution in [2.24, 2.45) is 0 Å². The van der Waals surface area contributed by atoms with Gasteiger partial charge in [-0.2, -0.15) is 0 Å². The Morgan fingerprint density at radius 3 is 3.04 bits per heavy atom. The second kappa shape index (κ2) is 9.76. The van der Waals surface area contributed by atoms with Gasteiger partial charge in [0.2, 0.25) is 5.91 Å². The smallest absolute Gasteiger partial charge is 0.262 e. The summed E-state index contributed by atoms with van der Waals surface area (Å²) >= 11 is 7.35. The second-order valence-electron chi connectivity index (χ2n) is 7.15. The van der Waals surface area contributed by atoms with Crippen LogP contribution in [0.3, 0.4) is 0 Å². The van der Waals surface area contributed by atoms with Gasteiger partial charge in [0.25, 0.3) is 5.56 Å². The molecule has 1 aliphatic heterocycles. The maximum absolute atomic E-state index is 13.1. The van der Waals surface area contributed by atoms with E-state index in [-0.39, 0.29) is 29.4 Å². The van der Waals surface area contributed by atoms with E-state index in [1.54, 1.807) is 22.8 Å². The Bertz CT molecular complexity index is 896. The number of nitrogens with zero attached hydrogens (tertiary/aromatic N) is 2. The van der Waals surface area contributed by atoms with Crippen molar-refractivity contribution in [3.05, 3.63) is 33.6 Å². The van der Waals surface area contributed by atoms with Crippen molar-refractivity contribution in [1.29, 1.82) is 0 Å². The summed E-state index contributed by atoms with van der Waals surface area (Å²) in [7, 11) is 0. The molecule has 152 valence electrons. The molecule has 1 aromatic carbocycles. The van der Waals surface area contributed by atoms with E-state index in [0.717, 1.165) is 32.3 Å². The van der Waals surface area contributed by atoms with Gasteiger partial charge in [0, 0.05) is 17.7 Å². The number of amides is 1. The number of carbonyl (C=O) groups excluding carboxylic acids is 1. The van der Waals surface area contributed by atoms with E-state index in [2.05, 4.69) is 17.2 Å². The van der Waals surface area contributed by atoms with Crippen molar-refractivity contribution in [3.63, 3.8) is 0 Å². The first-order valence-electron chi connectivity index (χ1n) is 9.71. The number of hydrogen-bond acceptors (Lipinski definition) is 5. The molecule has 3 rings (SSSR count). The van der Waals surface area contributed by atoms with Crippen LogP contribution in [-0.2, 0) is 16.1 Å². The van der Waals surface area contributed by atoms with E-state index in [0.29, 0.717) is 27.6 Å². The number of rotatable bonds is 8. The number of ether oxygens (including phenoxy) is 1. The van der Waals surface area contributed by atoms with Crippen LogP contribution in [0.25, 0.3) is 10.9 Å². The number of nitrogens with one attached hydrogen (secondary N) is 1. The number of hydrogen-bond donors (Lipinski definition) is 1. The van der Waals surface area contributed by atoms with Gasteiger partial charge in [-0.1, -0.05) is 36.7 Å². The lowest BCUT2D eigenvalue weighted by molar-refractivity contribution is -0.119. The van der Waals surface area contributed by atoms with Crippen molar-refractivity contribution in [3.8, 4) is 0 Å². The van der Waals surface area contributed by atoms with Gasteiger partial charge in [0.15, 0.2) is 5.16 Å². The summed E-state index contributed by atoms with van der Waals surface area (Å²) in [5, 5.41) is 4.55. The number of aromatic nitrogens is 2. The first-order valence-corrected chi connectivity index (χ1v) is 11.1. The molecule has 0 radical (unpaired) electrons. The lowest BCUT2D eigenvalue weighted by Gasteiger charge is -2.17. The second-order valence-corrected chi connectivity index (χ2v) is 8.53. The fourth-order valence-corrected chi connectivity index (χ4v) is 4.37. The highest BCUT2D eigenvalue weighted by atomic mass is 35.5. The number of fused-ring (bicyclic) bond motifs is 1. The molecule has 0 unspecified atom stereocenters. The molecule has 0 bridgehead atoms. The summed E-state index contributed by atoms with van der Waals surface area (Å²) in [5.74, 6) is 0.146. The highest BCUT2D eigenvalue weighted by molar-refractivity contribution is 7.99. The van der Waals surface area contributed by atoms with E-state index in [1.165, 1.54) is 11.8 Å². The van der Waals surface area contributed by atoms with Gasteiger partial charge in [-0.3, -0.25) is 14.2 Å². The molecule has 1 aliphatic rings. The predicted molar refractivity (Wildman–Crippen MR) is 113 cm³/mol. The molecule has 0 aliphatic carbocycles. The maximum atomic E-state index is 13.1. The van der Waals surface area contributed by atoms with Gasteiger partial charge in [0.1, 0.15) is 0 Å². The fourth-order valence-electron chi connectivity index (χ4n) is 3.39. The van der Waals surface area contributed by atoms with Gasteiger partial charge in [-0.05, 0) is 44.4 Å². The molecule has 0 saturated carbocycles. The molecule has 28 heavy (non-hydrogen) atoms. The molecule has 6 nitrogen and oxygen atoms in total. The molecule has 2 aromatic rings. The number of thioether (sulfide) groups is 1. The van der Waals surface area contributed by atoms with Gasteiger partial charge in [-0.25, -0.2) is 4.98 Å². The summed E-state index contributed by atoms with van der Waals surface area (Å²) in [6.07, 6.45) is 3.87. The topological polar surface area (TPSA) is 73.2 Å². The Kier molecular flexibility index (Phi) is 7.37. The molecule has 1 saturated heterocycles. The molecular weight excluding hydrogens is 398 g/mol. The highest BCUT2D eigenvalue weighted by Crippen LogP contribution is 2.22. The van der Waals surface area contributed by atoms with Gasteiger partial charge in [-0.15, -0.1) is 0 Å². The molecule has 1 aromatic heterocycles. The zero-order valence-electron chi connectivity index (χ0n) is 16.2. The quantitative estimate of drug-likeness (QED) is 0.518. The van der Waals surface area contributed by atoms with Gasteiger partial charge < -0.3 is 10.1 Å². The molecule has 1 fully saturated rings. The molecule has 2 atom stereocenters. The Hall–Kier alpha value is -1.57. The molecule has 8 heteroatoms. The van der Waals surface area contributed by atoms with Crippen molar-refractivity contribution in [2.75, 3.05) is 12.4 Å². The van der Waals surface area contributed by atoms with E-state index < -0.39 is 0 Å². The van der Waals surface area contributed by atoms with Crippen LogP contribution >= 0.6 is 23.4 Å². The Morgan fingerprint density at radius 2 is 2.32 bits per heavy atom. The van der Waals surface area contributed by atoms with Crippen LogP contribution in [0.4, 0.5) is 0 Å². The van der Waals surface area contributed by atoms with Crippen LogP contribution in [0.5, 0.6) is 0 Å². The number of carbonyl (C=O) groups is 1. The summed E-state index contributed by atoms with van der Waals surface area (Å²) < 4.78 is 7.34. The van der Waals surface area contributed by atoms with E-state index >= 15 is 0 Å². The van der Waals surface area contributed by atoms with Crippen LogP contribution in [0.15, 0.2) is 28.2 Å². The zero-order valence-corrected chi connectivity index (χ0v) is 17.8. The lowest BCUT2D eigenvalue weighted by Crippen LogP contribution is -2.34. The minimum absolute atomic E-state index is 0.00185. The van der Waals surface area contributed by atoms with Crippen LogP contribution in [-0.4, -0.2) is 40.0 Å². The molecule has 1 N–H and O–H groups in total. The molecule has 0 spiro atoms. The van der Waals surface area contributed by atoms with Crippen LogP contribution in [0.2, 0.25) is 5.02 Å². The zero-order chi connectivity index (χ0) is 20.1. The minimum Gasteiger partial charge on any atom is -0.376 e. The average Bonchev–Trinajstić information content (AvgIpc) is 3.16. The van der Waals surface area contributed by atoms with E-state index in [1.807, 2.05) is 6.92 Å². The predicted octanol–water partition coefficient (Wildman–Crippen LogP) is 3.63. The number of benzene rings is 1. The van der Waals surface area contributed by atoms with Gasteiger partial charge >= 0.3 is 0 Å². The highest BCUT2D eigenvalue weighted by Gasteiger charge is 2.21. The standard InChI is InChI=1S/C20H26ClN3O3S/c1-3-5-13(2)22-18(25)12-28-20-23-17-10-14(21)7-8-16(17)19(26)24(20)11-15-6-4-9-27-15/h7-8,10,13,15H,3-6,9,11-12H2,1-2H3,(H,22,25)/t13-,15-/m0/s1. The lowest BCUT2D eigenvalue weighted by atomic mass is 10.2. The van der Waals surface area contributed by atoms with Crippen LogP contribution < -0.4 is 10.9 Å². The third-order valence-electron chi connectivity index (χ3n) is 4.75. The summed E-state index contributed by atoms with van der Waals surface area (Å²) in [6, 6.07) is 5.21. The monoisotopic (exact) mass is 423 g/mol. The first kappa shape index (κ1) is 21.1. The summed E-state index contributed by atoms with van der Waals surface area (Å²) in [4.78, 5) is 30.0. The third-order valence-corrected chi connectivity index (χ3v) is 5.97. The molecule has 1 amide bonds. The average molecular weight is 424 g/mol. The Balaban J connectivity index is 1.85.